The van der Waals surface area contributed by atoms with E-state index < -0.39 is 8.07 Å². The summed E-state index contributed by atoms with van der Waals surface area (Å²) in [6.07, 6.45) is 3.32. The molecular weight excluding hydrogens is 164 g/mol. The molecule has 1 saturated carbocycles. The van der Waals surface area contributed by atoms with Gasteiger partial charge in [0.1, 0.15) is 0 Å². The largest absolute Gasteiger partial charge is 0.393 e. The molecule has 72 valence electrons. The van der Waals surface area contributed by atoms with Gasteiger partial charge in [-0.3, -0.25) is 0 Å². The van der Waals surface area contributed by atoms with E-state index in [-0.39, 0.29) is 5.22 Å². The van der Waals surface area contributed by atoms with Crippen molar-refractivity contribution in [3.63, 3.8) is 0 Å². The summed E-state index contributed by atoms with van der Waals surface area (Å²) >= 11 is 0. The molecule has 1 aliphatic rings. The summed E-state index contributed by atoms with van der Waals surface area (Å²) in [5.74, 6) is 0. The molecule has 0 radical (unpaired) electrons. The highest BCUT2D eigenvalue weighted by Gasteiger charge is 2.54. The van der Waals surface area contributed by atoms with Crippen LogP contribution in [0.3, 0.4) is 0 Å². The van der Waals surface area contributed by atoms with E-state index in [9.17, 15) is 5.11 Å². The second-order valence-corrected chi connectivity index (χ2v) is 11.4. The first-order valence-electron chi connectivity index (χ1n) is 4.93. The Morgan fingerprint density at radius 3 is 1.67 bits per heavy atom. The molecule has 1 fully saturated rings. The Balaban J connectivity index is 2.84. The lowest BCUT2D eigenvalue weighted by Gasteiger charge is -2.54. The molecule has 0 saturated heterocycles. The van der Waals surface area contributed by atoms with Crippen molar-refractivity contribution in [3.8, 4) is 0 Å². The molecule has 0 aromatic rings. The second-order valence-electron chi connectivity index (χ2n) is 5.76. The molecule has 0 aliphatic heterocycles. The van der Waals surface area contributed by atoms with E-state index in [0.29, 0.717) is 5.04 Å². The van der Waals surface area contributed by atoms with Crippen LogP contribution in [0.1, 0.15) is 40.0 Å². The van der Waals surface area contributed by atoms with Gasteiger partial charge in [0.05, 0.1) is 13.3 Å². The van der Waals surface area contributed by atoms with Crippen molar-refractivity contribution < 1.29 is 5.11 Å². The van der Waals surface area contributed by atoms with Crippen LogP contribution >= 0.6 is 0 Å². The predicted octanol–water partition coefficient (Wildman–Crippen LogP) is 2.95. The highest BCUT2D eigenvalue weighted by molar-refractivity contribution is 6.82. The van der Waals surface area contributed by atoms with Crippen LogP contribution in [-0.4, -0.2) is 18.4 Å². The van der Waals surface area contributed by atoms with Crippen LogP contribution in [0.5, 0.6) is 0 Å². The highest BCUT2D eigenvalue weighted by Crippen LogP contribution is 2.50. The zero-order valence-corrected chi connectivity index (χ0v) is 10.1. The number of hydrogen-bond donors (Lipinski definition) is 1. The smallest absolute Gasteiger partial charge is 0.0903 e. The standard InChI is InChI=1S/C10H22OSi/c1-9(2,3)12(4,5)10(11)7-6-8-10/h11H,6-8H2,1-5H3. The number of rotatable bonds is 1. The van der Waals surface area contributed by atoms with Gasteiger partial charge < -0.3 is 5.11 Å². The van der Waals surface area contributed by atoms with Crippen molar-refractivity contribution in [2.24, 2.45) is 0 Å². The molecule has 0 aromatic heterocycles. The summed E-state index contributed by atoms with van der Waals surface area (Å²) in [5, 5.41) is 10.4. The Morgan fingerprint density at radius 1 is 1.17 bits per heavy atom. The maximum absolute atomic E-state index is 10.3. The van der Waals surface area contributed by atoms with Gasteiger partial charge >= 0.3 is 0 Å². The van der Waals surface area contributed by atoms with E-state index >= 15 is 0 Å². The van der Waals surface area contributed by atoms with Crippen LogP contribution in [0, 0.1) is 0 Å². The summed E-state index contributed by atoms with van der Waals surface area (Å²) in [5.41, 5.74) is 0. The fraction of sp³-hybridized carbons (Fsp3) is 1.00. The number of hydrogen-bond acceptors (Lipinski definition) is 1. The number of aliphatic hydroxyl groups is 1. The van der Waals surface area contributed by atoms with Crippen LogP contribution in [0.2, 0.25) is 18.1 Å². The monoisotopic (exact) mass is 186 g/mol. The van der Waals surface area contributed by atoms with Crippen LogP contribution in [0.15, 0.2) is 0 Å². The molecule has 0 amide bonds. The molecule has 1 N–H and O–H groups in total. The zero-order valence-electron chi connectivity index (χ0n) is 9.07. The molecule has 1 nitrogen and oxygen atoms in total. The Hall–Kier alpha value is 0.177. The lowest BCUT2D eigenvalue weighted by atomic mass is 9.95. The zero-order chi connectivity index (χ0) is 9.62. The summed E-state index contributed by atoms with van der Waals surface area (Å²) in [4.78, 5) is 0. The van der Waals surface area contributed by atoms with Crippen LogP contribution < -0.4 is 0 Å². The molecule has 0 atom stereocenters. The minimum Gasteiger partial charge on any atom is -0.393 e. The van der Waals surface area contributed by atoms with Gasteiger partial charge in [0.15, 0.2) is 0 Å². The van der Waals surface area contributed by atoms with E-state index in [0.717, 1.165) is 12.8 Å². The van der Waals surface area contributed by atoms with Crippen LogP contribution in [-0.2, 0) is 0 Å². The minimum absolute atomic E-state index is 0.259. The summed E-state index contributed by atoms with van der Waals surface area (Å²) < 4.78 is 0. The van der Waals surface area contributed by atoms with E-state index in [1.54, 1.807) is 0 Å². The maximum Gasteiger partial charge on any atom is 0.0903 e. The van der Waals surface area contributed by atoms with Gasteiger partial charge in [0.2, 0.25) is 0 Å². The van der Waals surface area contributed by atoms with E-state index in [1.807, 2.05) is 0 Å². The maximum atomic E-state index is 10.3. The Morgan fingerprint density at radius 2 is 1.58 bits per heavy atom. The van der Waals surface area contributed by atoms with Gasteiger partial charge in [-0.05, 0) is 24.3 Å². The molecule has 2 heteroatoms. The van der Waals surface area contributed by atoms with Gasteiger partial charge in [-0.25, -0.2) is 0 Å². The van der Waals surface area contributed by atoms with Gasteiger partial charge in [-0.2, -0.15) is 0 Å². The van der Waals surface area contributed by atoms with E-state index in [4.69, 9.17) is 0 Å². The molecule has 0 unspecified atom stereocenters. The van der Waals surface area contributed by atoms with Gasteiger partial charge in [0, 0.05) is 0 Å². The van der Waals surface area contributed by atoms with Crippen molar-refractivity contribution >= 4 is 8.07 Å². The quantitative estimate of drug-likeness (QED) is 0.624. The van der Waals surface area contributed by atoms with Crippen molar-refractivity contribution in [2.75, 3.05) is 0 Å². The molecule has 0 heterocycles. The molecule has 12 heavy (non-hydrogen) atoms. The molecule has 0 spiro atoms. The van der Waals surface area contributed by atoms with Crippen molar-refractivity contribution in [3.05, 3.63) is 0 Å². The van der Waals surface area contributed by atoms with E-state index in [1.165, 1.54) is 6.42 Å². The van der Waals surface area contributed by atoms with Crippen LogP contribution in [0.4, 0.5) is 0 Å². The SMILES string of the molecule is CC(C)(C)[Si](C)(C)C1(O)CCC1. The van der Waals surface area contributed by atoms with Crippen molar-refractivity contribution in [1.82, 2.24) is 0 Å². The average Bonchev–Trinajstić information content (AvgIpc) is 1.79. The molecule has 1 rings (SSSR count). The second kappa shape index (κ2) is 2.58. The van der Waals surface area contributed by atoms with E-state index in [2.05, 4.69) is 33.9 Å². The van der Waals surface area contributed by atoms with Gasteiger partial charge in [-0.15, -0.1) is 0 Å². The first kappa shape index (κ1) is 10.3. The lowest BCUT2D eigenvalue weighted by molar-refractivity contribution is 0.0328. The van der Waals surface area contributed by atoms with Gasteiger partial charge in [0.25, 0.3) is 0 Å². The predicted molar refractivity (Wildman–Crippen MR) is 56.0 cm³/mol. The molecule has 0 bridgehead atoms. The summed E-state index contributed by atoms with van der Waals surface area (Å²) in [7, 11) is -1.49. The summed E-state index contributed by atoms with van der Waals surface area (Å²) in [6.45, 7) is 11.5. The van der Waals surface area contributed by atoms with Crippen molar-refractivity contribution in [1.29, 1.82) is 0 Å². The topological polar surface area (TPSA) is 20.2 Å². The Labute approximate surface area is 77.2 Å². The third-order valence-corrected chi connectivity index (χ3v) is 10.8. The minimum atomic E-state index is -1.49. The highest BCUT2D eigenvalue weighted by atomic mass is 28.3. The fourth-order valence-corrected chi connectivity index (χ4v) is 4.83. The third kappa shape index (κ3) is 1.25. The molecular formula is C10H22OSi. The third-order valence-electron chi connectivity index (χ3n) is 4.22. The first-order chi connectivity index (χ1) is 5.21. The Kier molecular flexibility index (Phi) is 2.21. The summed E-state index contributed by atoms with van der Waals surface area (Å²) in [6, 6.07) is 0. The molecule has 0 aromatic carbocycles. The fourth-order valence-electron chi connectivity index (χ4n) is 1.83. The normalized spacial score (nSPS) is 23.5. The Bertz CT molecular complexity index is 175. The van der Waals surface area contributed by atoms with Gasteiger partial charge in [-0.1, -0.05) is 33.9 Å². The van der Waals surface area contributed by atoms with Crippen molar-refractivity contribution in [2.45, 2.75) is 63.4 Å². The first-order valence-corrected chi connectivity index (χ1v) is 7.93. The molecule has 1 aliphatic carbocycles. The average molecular weight is 186 g/mol. The van der Waals surface area contributed by atoms with Crippen LogP contribution in [0.25, 0.3) is 0 Å². The lowest BCUT2D eigenvalue weighted by Crippen LogP contribution is -2.63.